The summed E-state index contributed by atoms with van der Waals surface area (Å²) >= 11 is 0. The molecule has 11 heavy (non-hydrogen) atoms. The first-order chi connectivity index (χ1) is 4.62. The molecule has 0 aromatic carbocycles. The third-order valence-corrected chi connectivity index (χ3v) is 3.09. The van der Waals surface area contributed by atoms with Gasteiger partial charge in [-0.2, -0.15) is 0 Å². The van der Waals surface area contributed by atoms with Gasteiger partial charge in [0.25, 0.3) is 0 Å². The van der Waals surface area contributed by atoms with E-state index in [1.54, 1.807) is 0 Å². The van der Waals surface area contributed by atoms with Crippen LogP contribution in [0, 0.1) is 0 Å². The predicted molar refractivity (Wildman–Crippen MR) is 46.8 cm³/mol. The van der Waals surface area contributed by atoms with Crippen LogP contribution in [-0.2, 0) is 0 Å². The maximum absolute atomic E-state index is 9.81. The first kappa shape index (κ1) is 9.30. The van der Waals surface area contributed by atoms with Gasteiger partial charge in [-0.1, -0.05) is 0 Å². The van der Waals surface area contributed by atoms with Crippen molar-refractivity contribution in [3.63, 3.8) is 0 Å². The van der Waals surface area contributed by atoms with E-state index < -0.39 is 0 Å². The molecule has 2 saturated carbocycles. The molecule has 3 N–H and O–H groups in total. The Morgan fingerprint density at radius 3 is 2.36 bits per heavy atom. The number of rotatable bonds is 0. The summed E-state index contributed by atoms with van der Waals surface area (Å²) in [6.07, 6.45) is 6.03. The molecule has 2 aliphatic rings. The van der Waals surface area contributed by atoms with Crippen LogP contribution in [-0.4, -0.2) is 16.2 Å². The van der Waals surface area contributed by atoms with Crippen LogP contribution in [0.1, 0.15) is 38.5 Å². The van der Waals surface area contributed by atoms with Crippen molar-refractivity contribution in [1.82, 2.24) is 0 Å². The molecule has 2 rings (SSSR count). The highest BCUT2D eigenvalue weighted by Crippen LogP contribution is 2.46. The van der Waals surface area contributed by atoms with Gasteiger partial charge in [-0.25, -0.2) is 0 Å². The van der Waals surface area contributed by atoms with Crippen LogP contribution in [0.2, 0.25) is 0 Å². The number of hydrogen-bond donors (Lipinski definition) is 2. The fraction of sp³-hybridized carbons (Fsp3) is 1.00. The first-order valence-electron chi connectivity index (χ1n) is 4.13. The van der Waals surface area contributed by atoms with Crippen LogP contribution < -0.4 is 5.73 Å². The quantitative estimate of drug-likeness (QED) is 0.584. The van der Waals surface area contributed by atoms with Crippen molar-refractivity contribution in [3.05, 3.63) is 0 Å². The summed E-state index contributed by atoms with van der Waals surface area (Å²) < 4.78 is 0. The minimum Gasteiger partial charge on any atom is -0.390 e. The number of aliphatic hydroxyl groups is 1. The van der Waals surface area contributed by atoms with Gasteiger partial charge >= 0.3 is 0 Å². The van der Waals surface area contributed by atoms with E-state index in [0.717, 1.165) is 38.5 Å². The van der Waals surface area contributed by atoms with E-state index in [0.29, 0.717) is 0 Å². The van der Waals surface area contributed by atoms with E-state index in [9.17, 15) is 5.11 Å². The number of fused-ring (bicyclic) bond motifs is 2. The molecule has 0 saturated heterocycles. The Morgan fingerprint density at radius 2 is 1.82 bits per heavy atom. The zero-order chi connectivity index (χ0) is 7.24. The largest absolute Gasteiger partial charge is 0.390 e. The lowest BCUT2D eigenvalue weighted by atomic mass is 9.81. The van der Waals surface area contributed by atoms with Gasteiger partial charge in [0.1, 0.15) is 0 Å². The van der Waals surface area contributed by atoms with Crippen molar-refractivity contribution in [3.8, 4) is 0 Å². The Kier molecular flexibility index (Phi) is 2.21. The highest BCUT2D eigenvalue weighted by Gasteiger charge is 2.47. The molecule has 2 aliphatic carbocycles. The molecule has 0 aromatic rings. The normalized spacial score (nSPS) is 48.5. The van der Waals surface area contributed by atoms with Gasteiger partial charge in [-0.3, -0.25) is 0 Å². The highest BCUT2D eigenvalue weighted by molar-refractivity contribution is 5.85. The zero-order valence-electron chi connectivity index (χ0n) is 6.68. The molecule has 0 aromatic heterocycles. The van der Waals surface area contributed by atoms with Crippen LogP contribution in [0.25, 0.3) is 0 Å². The third-order valence-electron chi connectivity index (χ3n) is 3.09. The van der Waals surface area contributed by atoms with E-state index in [2.05, 4.69) is 0 Å². The minimum absolute atomic E-state index is 0. The molecule has 2 unspecified atom stereocenters. The topological polar surface area (TPSA) is 46.2 Å². The molecular formula is C8H16ClNO. The molecule has 0 radical (unpaired) electrons. The lowest BCUT2D eigenvalue weighted by Crippen LogP contribution is -2.43. The average Bonchev–Trinajstić information content (AvgIpc) is 2.03. The zero-order valence-corrected chi connectivity index (χ0v) is 7.49. The Bertz CT molecular complexity index is 148. The van der Waals surface area contributed by atoms with E-state index >= 15 is 0 Å². The number of halogens is 1. The number of nitrogens with two attached hydrogens (primary N) is 1. The van der Waals surface area contributed by atoms with Crippen LogP contribution in [0.4, 0.5) is 0 Å². The molecule has 0 heterocycles. The Balaban J connectivity index is 0.000000605. The van der Waals surface area contributed by atoms with Gasteiger partial charge in [0, 0.05) is 5.54 Å². The van der Waals surface area contributed by atoms with Gasteiger partial charge < -0.3 is 10.8 Å². The second-order valence-corrected chi connectivity index (χ2v) is 4.12. The summed E-state index contributed by atoms with van der Waals surface area (Å²) in [5.74, 6) is 0. The molecular weight excluding hydrogens is 162 g/mol. The summed E-state index contributed by atoms with van der Waals surface area (Å²) in [6.45, 7) is 0. The van der Waals surface area contributed by atoms with Crippen LogP contribution in [0.5, 0.6) is 0 Å². The van der Waals surface area contributed by atoms with E-state index in [1.165, 1.54) is 0 Å². The lowest BCUT2D eigenvalue weighted by molar-refractivity contribution is 0.0153. The Morgan fingerprint density at radius 1 is 1.09 bits per heavy atom. The molecule has 0 aliphatic heterocycles. The smallest absolute Gasteiger partial charge is 0.0666 e. The lowest BCUT2D eigenvalue weighted by Gasteiger charge is -2.33. The fourth-order valence-electron chi connectivity index (χ4n) is 2.51. The molecule has 2 nitrogen and oxygen atoms in total. The fourth-order valence-corrected chi connectivity index (χ4v) is 2.51. The van der Waals surface area contributed by atoms with Crippen LogP contribution in [0.15, 0.2) is 0 Å². The van der Waals surface area contributed by atoms with Gasteiger partial charge in [0.2, 0.25) is 0 Å². The minimum atomic E-state index is -0.368. The summed E-state index contributed by atoms with van der Waals surface area (Å²) in [4.78, 5) is 0. The maximum atomic E-state index is 9.81. The van der Waals surface area contributed by atoms with Crippen molar-refractivity contribution in [1.29, 1.82) is 0 Å². The highest BCUT2D eigenvalue weighted by atomic mass is 35.5. The molecule has 2 atom stereocenters. The van der Waals surface area contributed by atoms with Crippen LogP contribution >= 0.6 is 12.4 Å². The Hall–Kier alpha value is 0.210. The monoisotopic (exact) mass is 177 g/mol. The van der Waals surface area contributed by atoms with Crippen LogP contribution in [0.3, 0.4) is 0 Å². The van der Waals surface area contributed by atoms with E-state index in [4.69, 9.17) is 5.73 Å². The second kappa shape index (κ2) is 2.61. The Labute approximate surface area is 73.6 Å². The van der Waals surface area contributed by atoms with Crippen molar-refractivity contribution in [2.45, 2.75) is 49.7 Å². The number of hydrogen-bond acceptors (Lipinski definition) is 2. The third kappa shape index (κ3) is 1.53. The second-order valence-electron chi connectivity index (χ2n) is 4.12. The van der Waals surface area contributed by atoms with Crippen molar-refractivity contribution in [2.24, 2.45) is 5.73 Å². The van der Waals surface area contributed by atoms with Gasteiger partial charge in [0.15, 0.2) is 0 Å². The molecule has 3 heteroatoms. The summed E-state index contributed by atoms with van der Waals surface area (Å²) in [5.41, 5.74) is 5.66. The molecule has 2 bridgehead atoms. The van der Waals surface area contributed by atoms with Gasteiger partial charge in [-0.15, -0.1) is 12.4 Å². The molecule has 0 spiro atoms. The van der Waals surface area contributed by atoms with E-state index in [1.807, 2.05) is 0 Å². The molecule has 2 fully saturated rings. The van der Waals surface area contributed by atoms with Crippen molar-refractivity contribution in [2.75, 3.05) is 0 Å². The molecule has 0 amide bonds. The van der Waals surface area contributed by atoms with Gasteiger partial charge in [0.05, 0.1) is 5.60 Å². The summed E-state index contributed by atoms with van der Waals surface area (Å²) in [6, 6.07) is 0. The standard InChI is InChI=1S/C8H15NO.ClH/c9-7-2-1-3-8(10,6-7)5-4-7;/h10H,1-6,9H2;1H. The van der Waals surface area contributed by atoms with Crippen molar-refractivity contribution >= 4 is 12.4 Å². The first-order valence-corrected chi connectivity index (χ1v) is 4.13. The summed E-state index contributed by atoms with van der Waals surface area (Å²) in [5, 5.41) is 9.81. The SMILES string of the molecule is Cl.NC12CCCC(O)(CC1)C2. The van der Waals surface area contributed by atoms with E-state index in [-0.39, 0.29) is 23.5 Å². The molecule has 66 valence electrons. The predicted octanol–water partition coefficient (Wildman–Crippen LogP) is 1.20. The van der Waals surface area contributed by atoms with Crippen molar-refractivity contribution < 1.29 is 5.11 Å². The maximum Gasteiger partial charge on any atom is 0.0666 e. The van der Waals surface area contributed by atoms with Gasteiger partial charge in [-0.05, 0) is 38.5 Å². The summed E-state index contributed by atoms with van der Waals surface area (Å²) in [7, 11) is 0. The average molecular weight is 178 g/mol.